The van der Waals surface area contributed by atoms with E-state index in [1.165, 1.54) is 50.1 Å². The van der Waals surface area contributed by atoms with Gasteiger partial charge in [-0.1, -0.05) is 48.5 Å². The molecule has 0 N–H and O–H groups in total. The average Bonchev–Trinajstić information content (AvgIpc) is 2.62. The fourth-order valence-corrected chi connectivity index (χ4v) is 3.46. The van der Waals surface area contributed by atoms with Crippen LogP contribution in [0.2, 0.25) is 0 Å². The normalized spacial score (nSPS) is 16.4. The van der Waals surface area contributed by atoms with Crippen LogP contribution in [-0.4, -0.2) is 38.1 Å². The molecular weight excluding hydrogens is 280 g/mol. The van der Waals surface area contributed by atoms with E-state index >= 15 is 0 Å². The van der Waals surface area contributed by atoms with Crippen molar-refractivity contribution in [2.24, 2.45) is 5.92 Å². The largest absolute Gasteiger partial charge is 0.373 e. The number of rotatable bonds is 6. The van der Waals surface area contributed by atoms with Crippen LogP contribution in [0.4, 0.5) is 5.69 Å². The van der Waals surface area contributed by atoms with Gasteiger partial charge in [0.25, 0.3) is 0 Å². The van der Waals surface area contributed by atoms with Crippen molar-refractivity contribution >= 4 is 5.69 Å². The van der Waals surface area contributed by atoms with Crippen LogP contribution in [-0.2, 0) is 6.42 Å². The molecule has 2 aromatic rings. The molecule has 0 radical (unpaired) electrons. The van der Waals surface area contributed by atoms with Gasteiger partial charge in [-0.2, -0.15) is 0 Å². The Bertz CT molecular complexity index is 559. The second-order valence-electron chi connectivity index (χ2n) is 6.73. The van der Waals surface area contributed by atoms with Crippen LogP contribution in [0.25, 0.3) is 0 Å². The van der Waals surface area contributed by atoms with Gasteiger partial charge < -0.3 is 9.80 Å². The van der Waals surface area contributed by atoms with Crippen molar-refractivity contribution in [2.75, 3.05) is 38.1 Å². The molecule has 0 saturated carbocycles. The Morgan fingerprint density at radius 3 is 2.17 bits per heavy atom. The number of benzene rings is 2. The minimum Gasteiger partial charge on any atom is -0.373 e. The molecule has 2 aromatic carbocycles. The number of nitrogens with zero attached hydrogens (tertiary/aromatic N) is 2. The molecule has 0 unspecified atom stereocenters. The summed E-state index contributed by atoms with van der Waals surface area (Å²) in [6, 6.07) is 21.6. The Morgan fingerprint density at radius 2 is 1.52 bits per heavy atom. The molecule has 3 rings (SSSR count). The smallest absolute Gasteiger partial charge is 0.0364 e. The third-order valence-electron chi connectivity index (χ3n) is 5.02. The topological polar surface area (TPSA) is 6.48 Å². The zero-order valence-electron chi connectivity index (χ0n) is 14.2. The van der Waals surface area contributed by atoms with E-state index in [2.05, 4.69) is 77.5 Å². The van der Waals surface area contributed by atoms with Gasteiger partial charge in [-0.3, -0.25) is 0 Å². The van der Waals surface area contributed by atoms with Crippen LogP contribution in [0.5, 0.6) is 0 Å². The molecule has 1 fully saturated rings. The molecule has 0 spiro atoms. The Kier molecular flexibility index (Phi) is 5.71. The lowest BCUT2D eigenvalue weighted by Crippen LogP contribution is -2.39. The van der Waals surface area contributed by atoms with Crippen LogP contribution in [0, 0.1) is 5.92 Å². The zero-order valence-corrected chi connectivity index (χ0v) is 14.2. The quantitative estimate of drug-likeness (QED) is 0.793. The Labute approximate surface area is 140 Å². The maximum absolute atomic E-state index is 2.63. The maximum Gasteiger partial charge on any atom is 0.0364 e. The molecule has 0 aliphatic carbocycles. The van der Waals surface area contributed by atoms with Crippen molar-refractivity contribution in [1.82, 2.24) is 4.90 Å². The van der Waals surface area contributed by atoms with E-state index in [0.29, 0.717) is 0 Å². The highest BCUT2D eigenvalue weighted by molar-refractivity contribution is 5.44. The van der Waals surface area contributed by atoms with Crippen LogP contribution in [0.1, 0.15) is 18.4 Å². The number of likely N-dealkylation sites (N-methyl/N-ethyl adjacent to an activating group) is 1. The minimum atomic E-state index is 0.862. The number of anilines is 1. The standard InChI is InChI=1S/C21H28N2/c1-22(21-10-6-3-7-11-21)16-17-23-14-12-20(13-15-23)18-19-8-4-2-5-9-19/h2-11,20H,12-18H2,1H3. The number of hydrogen-bond acceptors (Lipinski definition) is 2. The fourth-order valence-electron chi connectivity index (χ4n) is 3.46. The SMILES string of the molecule is CN(CCN1CCC(Cc2ccccc2)CC1)c1ccccc1. The second-order valence-corrected chi connectivity index (χ2v) is 6.73. The van der Waals surface area contributed by atoms with Gasteiger partial charge in [0.15, 0.2) is 0 Å². The first kappa shape index (κ1) is 16.1. The summed E-state index contributed by atoms with van der Waals surface area (Å²) >= 11 is 0. The van der Waals surface area contributed by atoms with Crippen LogP contribution < -0.4 is 4.90 Å². The summed E-state index contributed by atoms with van der Waals surface area (Å²) in [4.78, 5) is 4.98. The van der Waals surface area contributed by atoms with E-state index < -0.39 is 0 Å². The average molecular weight is 308 g/mol. The summed E-state index contributed by atoms with van der Waals surface area (Å²) in [5.41, 5.74) is 2.81. The minimum absolute atomic E-state index is 0.862. The lowest BCUT2D eigenvalue weighted by atomic mass is 9.90. The molecule has 0 atom stereocenters. The van der Waals surface area contributed by atoms with Gasteiger partial charge in [-0.05, 0) is 56.0 Å². The molecule has 1 heterocycles. The van der Waals surface area contributed by atoms with E-state index in [1.54, 1.807) is 0 Å². The predicted octanol–water partition coefficient (Wildman–Crippen LogP) is 4.08. The molecule has 1 saturated heterocycles. The van der Waals surface area contributed by atoms with Crippen molar-refractivity contribution in [3.05, 3.63) is 66.2 Å². The molecule has 0 bridgehead atoms. The van der Waals surface area contributed by atoms with E-state index in [-0.39, 0.29) is 0 Å². The zero-order chi connectivity index (χ0) is 15.9. The number of para-hydroxylation sites is 1. The first-order valence-electron chi connectivity index (χ1n) is 8.84. The summed E-state index contributed by atoms with van der Waals surface area (Å²) in [6.45, 7) is 4.77. The monoisotopic (exact) mass is 308 g/mol. The van der Waals surface area contributed by atoms with Gasteiger partial charge >= 0.3 is 0 Å². The van der Waals surface area contributed by atoms with Crippen molar-refractivity contribution in [1.29, 1.82) is 0 Å². The van der Waals surface area contributed by atoms with Gasteiger partial charge in [-0.25, -0.2) is 0 Å². The molecule has 1 aliphatic rings. The lowest BCUT2D eigenvalue weighted by molar-refractivity contribution is 0.188. The maximum atomic E-state index is 2.63. The summed E-state index contributed by atoms with van der Waals surface area (Å²) in [7, 11) is 2.19. The van der Waals surface area contributed by atoms with E-state index in [0.717, 1.165) is 12.5 Å². The Morgan fingerprint density at radius 1 is 0.913 bits per heavy atom. The lowest BCUT2D eigenvalue weighted by Gasteiger charge is -2.33. The van der Waals surface area contributed by atoms with E-state index in [4.69, 9.17) is 0 Å². The Hall–Kier alpha value is -1.80. The molecule has 2 heteroatoms. The molecule has 2 nitrogen and oxygen atoms in total. The summed E-state index contributed by atoms with van der Waals surface area (Å²) < 4.78 is 0. The van der Waals surface area contributed by atoms with Gasteiger partial charge in [0.05, 0.1) is 0 Å². The fraction of sp³-hybridized carbons (Fsp3) is 0.429. The predicted molar refractivity (Wildman–Crippen MR) is 99.0 cm³/mol. The van der Waals surface area contributed by atoms with Crippen LogP contribution >= 0.6 is 0 Å². The molecule has 1 aliphatic heterocycles. The molecule has 122 valence electrons. The summed E-state index contributed by atoms with van der Waals surface area (Å²) in [6.07, 6.45) is 3.92. The van der Waals surface area contributed by atoms with E-state index in [9.17, 15) is 0 Å². The van der Waals surface area contributed by atoms with Gasteiger partial charge in [0.2, 0.25) is 0 Å². The highest BCUT2D eigenvalue weighted by atomic mass is 15.2. The van der Waals surface area contributed by atoms with Crippen molar-refractivity contribution in [3.8, 4) is 0 Å². The summed E-state index contributed by atoms with van der Waals surface area (Å²) in [5, 5.41) is 0. The van der Waals surface area contributed by atoms with Gasteiger partial charge in [0.1, 0.15) is 0 Å². The van der Waals surface area contributed by atoms with Crippen molar-refractivity contribution in [2.45, 2.75) is 19.3 Å². The number of likely N-dealkylation sites (tertiary alicyclic amines) is 1. The van der Waals surface area contributed by atoms with Crippen LogP contribution in [0.15, 0.2) is 60.7 Å². The van der Waals surface area contributed by atoms with Gasteiger partial charge in [0, 0.05) is 25.8 Å². The van der Waals surface area contributed by atoms with Crippen molar-refractivity contribution in [3.63, 3.8) is 0 Å². The first-order chi connectivity index (χ1) is 11.3. The highest BCUT2D eigenvalue weighted by Gasteiger charge is 2.19. The molecule has 0 amide bonds. The Balaban J connectivity index is 1.39. The first-order valence-corrected chi connectivity index (χ1v) is 8.84. The number of piperidine rings is 1. The van der Waals surface area contributed by atoms with Crippen molar-refractivity contribution < 1.29 is 0 Å². The second kappa shape index (κ2) is 8.16. The third-order valence-corrected chi connectivity index (χ3v) is 5.02. The van der Waals surface area contributed by atoms with E-state index in [1.807, 2.05) is 0 Å². The molecule has 23 heavy (non-hydrogen) atoms. The molecular formula is C21H28N2. The third kappa shape index (κ3) is 4.84. The van der Waals surface area contributed by atoms with Crippen LogP contribution in [0.3, 0.4) is 0 Å². The molecule has 0 aromatic heterocycles. The highest BCUT2D eigenvalue weighted by Crippen LogP contribution is 2.21. The number of hydrogen-bond donors (Lipinski definition) is 0. The summed E-state index contributed by atoms with van der Waals surface area (Å²) in [5.74, 6) is 0.862. The van der Waals surface area contributed by atoms with Gasteiger partial charge in [-0.15, -0.1) is 0 Å².